The molecule has 0 aromatic heterocycles. The molecule has 3 atom stereocenters. The van der Waals surface area contributed by atoms with Crippen molar-refractivity contribution in [3.8, 4) is 0 Å². The van der Waals surface area contributed by atoms with Gasteiger partial charge in [0.25, 0.3) is 5.69 Å². The summed E-state index contributed by atoms with van der Waals surface area (Å²) in [4.78, 5) is 12.6. The van der Waals surface area contributed by atoms with Crippen LogP contribution in [0, 0.1) is 10.1 Å². The van der Waals surface area contributed by atoms with E-state index in [0.717, 1.165) is 18.5 Å². The number of anilines is 1. The lowest BCUT2D eigenvalue weighted by atomic mass is 9.97. The number of benzene rings is 1. The maximum atomic E-state index is 11.0. The van der Waals surface area contributed by atoms with Crippen LogP contribution in [0.4, 0.5) is 11.4 Å². The molecule has 0 aliphatic carbocycles. The van der Waals surface area contributed by atoms with Crippen LogP contribution in [0.1, 0.15) is 31.2 Å². The molecule has 1 aromatic rings. The molecular formula is C14H17ClN2O4. The van der Waals surface area contributed by atoms with Crippen molar-refractivity contribution < 1.29 is 15.1 Å². The summed E-state index contributed by atoms with van der Waals surface area (Å²) in [5.74, 6) is 0. The Morgan fingerprint density at radius 2 is 1.95 bits per heavy atom. The molecule has 2 N–H and O–H groups in total. The molecule has 1 aromatic carbocycles. The SMILES string of the molecule is O=[N+]([O-])c1ccc(N2[C@@H]3CC[C@H]2CC(O)C3)c(CO)c1Cl. The van der Waals surface area contributed by atoms with Gasteiger partial charge in [-0.25, -0.2) is 0 Å². The van der Waals surface area contributed by atoms with Gasteiger partial charge in [-0.15, -0.1) is 0 Å². The van der Waals surface area contributed by atoms with Crippen LogP contribution in [0.25, 0.3) is 0 Å². The molecule has 114 valence electrons. The van der Waals surface area contributed by atoms with E-state index < -0.39 is 4.92 Å². The van der Waals surface area contributed by atoms with Gasteiger partial charge in [-0.1, -0.05) is 11.6 Å². The molecule has 7 heteroatoms. The Morgan fingerprint density at radius 3 is 2.48 bits per heavy atom. The van der Waals surface area contributed by atoms with Crippen molar-refractivity contribution in [2.24, 2.45) is 0 Å². The zero-order valence-corrected chi connectivity index (χ0v) is 12.2. The van der Waals surface area contributed by atoms with Crippen LogP contribution in [0.15, 0.2) is 12.1 Å². The third-order valence-electron chi connectivity index (χ3n) is 4.54. The monoisotopic (exact) mass is 312 g/mol. The fourth-order valence-corrected chi connectivity index (χ4v) is 3.96. The number of hydrogen-bond acceptors (Lipinski definition) is 5. The zero-order chi connectivity index (χ0) is 15.1. The van der Waals surface area contributed by atoms with E-state index in [0.29, 0.717) is 18.4 Å². The Morgan fingerprint density at radius 1 is 1.33 bits per heavy atom. The van der Waals surface area contributed by atoms with Gasteiger partial charge in [0.15, 0.2) is 0 Å². The van der Waals surface area contributed by atoms with Gasteiger partial charge >= 0.3 is 0 Å². The maximum absolute atomic E-state index is 11.0. The highest BCUT2D eigenvalue weighted by atomic mass is 35.5. The average Bonchev–Trinajstić information content (AvgIpc) is 2.69. The van der Waals surface area contributed by atoms with Crippen LogP contribution >= 0.6 is 11.6 Å². The Balaban J connectivity index is 2.03. The van der Waals surface area contributed by atoms with Crippen LogP contribution in [-0.2, 0) is 6.61 Å². The van der Waals surface area contributed by atoms with Crippen LogP contribution < -0.4 is 4.90 Å². The highest BCUT2D eigenvalue weighted by Crippen LogP contribution is 2.43. The third-order valence-corrected chi connectivity index (χ3v) is 4.96. The van der Waals surface area contributed by atoms with Gasteiger partial charge < -0.3 is 15.1 Å². The number of rotatable bonds is 3. The molecule has 21 heavy (non-hydrogen) atoms. The van der Waals surface area contributed by atoms with Gasteiger partial charge in [-0.2, -0.15) is 0 Å². The first kappa shape index (κ1) is 14.6. The van der Waals surface area contributed by atoms with Crippen molar-refractivity contribution in [2.45, 2.75) is 50.5 Å². The predicted molar refractivity (Wildman–Crippen MR) is 78.6 cm³/mol. The van der Waals surface area contributed by atoms with E-state index in [1.807, 2.05) is 0 Å². The smallest absolute Gasteiger partial charge is 0.288 e. The van der Waals surface area contributed by atoms with E-state index in [2.05, 4.69) is 4.90 Å². The first-order valence-electron chi connectivity index (χ1n) is 7.06. The summed E-state index contributed by atoms with van der Waals surface area (Å²) in [5, 5.41) is 30.4. The number of aliphatic hydroxyl groups excluding tert-OH is 2. The van der Waals surface area contributed by atoms with Gasteiger partial charge in [0.05, 0.1) is 17.6 Å². The maximum Gasteiger partial charge on any atom is 0.288 e. The van der Waals surface area contributed by atoms with Crippen molar-refractivity contribution in [1.82, 2.24) is 0 Å². The second-order valence-corrected chi connectivity index (χ2v) is 6.11. The Labute approximate surface area is 127 Å². The highest BCUT2D eigenvalue weighted by molar-refractivity contribution is 6.33. The summed E-state index contributed by atoms with van der Waals surface area (Å²) in [5.41, 5.74) is 0.973. The minimum absolute atomic E-state index is 0.00511. The first-order valence-corrected chi connectivity index (χ1v) is 7.43. The van der Waals surface area contributed by atoms with Crippen LogP contribution in [0.5, 0.6) is 0 Å². The molecule has 0 spiro atoms. The summed E-state index contributed by atoms with van der Waals surface area (Å²) < 4.78 is 0. The first-order chi connectivity index (χ1) is 10.0. The minimum atomic E-state index is -0.542. The zero-order valence-electron chi connectivity index (χ0n) is 11.4. The summed E-state index contributed by atoms with van der Waals surface area (Å²) >= 11 is 6.10. The van der Waals surface area contributed by atoms with E-state index in [1.54, 1.807) is 6.07 Å². The fraction of sp³-hybridized carbons (Fsp3) is 0.571. The van der Waals surface area contributed by atoms with Crippen molar-refractivity contribution in [1.29, 1.82) is 0 Å². The van der Waals surface area contributed by atoms with Gasteiger partial charge in [0.1, 0.15) is 5.02 Å². The molecule has 6 nitrogen and oxygen atoms in total. The summed E-state index contributed by atoms with van der Waals surface area (Å²) in [6.45, 7) is -0.339. The lowest BCUT2D eigenvalue weighted by Crippen LogP contribution is -2.45. The van der Waals surface area contributed by atoms with Gasteiger partial charge in [-0.05, 0) is 31.7 Å². The van der Waals surface area contributed by atoms with E-state index in [4.69, 9.17) is 11.6 Å². The summed E-state index contributed by atoms with van der Waals surface area (Å²) in [6, 6.07) is 3.48. The standard InChI is InChI=1S/C14H17ClN2O4/c15-14-11(7-18)12(3-4-13(14)17(20)21)16-8-1-2-9(16)6-10(19)5-8/h3-4,8-10,18-19H,1-2,5-7H2/t8-,9+,10?. The molecule has 0 saturated carbocycles. The lowest BCUT2D eigenvalue weighted by Gasteiger charge is -2.40. The van der Waals surface area contributed by atoms with Gasteiger partial charge in [0, 0.05) is 29.4 Å². The second-order valence-electron chi connectivity index (χ2n) is 5.73. The van der Waals surface area contributed by atoms with Gasteiger partial charge in [-0.3, -0.25) is 10.1 Å². The molecule has 2 aliphatic rings. The Kier molecular flexibility index (Phi) is 3.77. The topological polar surface area (TPSA) is 86.8 Å². The number of aliphatic hydroxyl groups is 2. The number of fused-ring (bicyclic) bond motifs is 2. The molecule has 2 saturated heterocycles. The third kappa shape index (κ3) is 2.37. The van der Waals surface area contributed by atoms with Gasteiger partial charge in [0.2, 0.25) is 0 Å². The fourth-order valence-electron chi connectivity index (χ4n) is 3.67. The average molecular weight is 313 g/mol. The number of nitro groups is 1. The Bertz CT molecular complexity index is 566. The van der Waals surface area contributed by atoms with Crippen molar-refractivity contribution in [3.05, 3.63) is 32.8 Å². The molecule has 2 aliphatic heterocycles. The number of nitro benzene ring substituents is 1. The van der Waals surface area contributed by atoms with E-state index >= 15 is 0 Å². The van der Waals surface area contributed by atoms with Crippen LogP contribution in [-0.4, -0.2) is 33.3 Å². The predicted octanol–water partition coefficient (Wildman–Crippen LogP) is 2.23. The van der Waals surface area contributed by atoms with E-state index in [9.17, 15) is 20.3 Å². The van der Waals surface area contributed by atoms with E-state index in [1.165, 1.54) is 6.07 Å². The number of piperidine rings is 1. The largest absolute Gasteiger partial charge is 0.393 e. The number of hydrogen-bond donors (Lipinski definition) is 2. The summed E-state index contributed by atoms with van der Waals surface area (Å²) in [6.07, 6.45) is 3.07. The van der Waals surface area contributed by atoms with E-state index in [-0.39, 0.29) is 35.5 Å². The second kappa shape index (κ2) is 5.44. The molecule has 2 bridgehead atoms. The van der Waals surface area contributed by atoms with Crippen LogP contribution in [0.3, 0.4) is 0 Å². The molecular weight excluding hydrogens is 296 g/mol. The molecule has 2 fully saturated rings. The molecule has 0 amide bonds. The molecule has 1 unspecified atom stereocenters. The van der Waals surface area contributed by atoms with Crippen molar-refractivity contribution >= 4 is 23.0 Å². The van der Waals surface area contributed by atoms with Crippen LogP contribution in [0.2, 0.25) is 5.02 Å². The molecule has 3 rings (SSSR count). The lowest BCUT2D eigenvalue weighted by molar-refractivity contribution is -0.384. The Hall–Kier alpha value is -1.37. The molecule has 2 heterocycles. The minimum Gasteiger partial charge on any atom is -0.393 e. The quantitative estimate of drug-likeness (QED) is 0.660. The van der Waals surface area contributed by atoms with Crippen molar-refractivity contribution in [3.63, 3.8) is 0 Å². The summed E-state index contributed by atoms with van der Waals surface area (Å²) in [7, 11) is 0. The normalized spacial score (nSPS) is 28.0. The molecule has 0 radical (unpaired) electrons. The number of nitrogens with zero attached hydrogens (tertiary/aromatic N) is 2. The highest BCUT2D eigenvalue weighted by Gasteiger charge is 2.41. The van der Waals surface area contributed by atoms with Crippen molar-refractivity contribution in [2.75, 3.05) is 4.90 Å². The number of halogens is 1.